The Morgan fingerprint density at radius 3 is 2.41 bits per heavy atom. The third kappa shape index (κ3) is 6.31. The molecule has 0 spiro atoms. The van der Waals surface area contributed by atoms with Crippen LogP contribution in [0.2, 0.25) is 0 Å². The number of hydrogen-bond acceptors (Lipinski definition) is 6. The van der Waals surface area contributed by atoms with Crippen molar-refractivity contribution in [2.24, 2.45) is 5.92 Å². The summed E-state index contributed by atoms with van der Waals surface area (Å²) in [5.74, 6) is -0.895. The first-order valence-electron chi connectivity index (χ1n) is 9.15. The third-order valence-corrected chi connectivity index (χ3v) is 4.19. The molecule has 154 valence electrons. The normalized spacial score (nSPS) is 11.6. The van der Waals surface area contributed by atoms with Gasteiger partial charge in [-0.15, -0.1) is 0 Å². The number of carbonyl (C=O) groups is 2. The number of ether oxygens (including phenoxy) is 2. The molecule has 0 heterocycles. The predicted octanol–water partition coefficient (Wildman–Crippen LogP) is 3.66. The Hall–Kier alpha value is -3.42. The Labute approximate surface area is 169 Å². The lowest BCUT2D eigenvalue weighted by atomic mass is 9.97. The molecule has 1 atom stereocenters. The van der Waals surface area contributed by atoms with Crippen LogP contribution in [0.4, 0.5) is 5.69 Å². The van der Waals surface area contributed by atoms with Gasteiger partial charge in [0.15, 0.2) is 12.4 Å². The van der Waals surface area contributed by atoms with Crippen molar-refractivity contribution in [2.45, 2.75) is 26.3 Å². The van der Waals surface area contributed by atoms with Crippen molar-refractivity contribution >= 4 is 17.6 Å². The van der Waals surface area contributed by atoms with Crippen molar-refractivity contribution in [1.29, 1.82) is 0 Å². The van der Waals surface area contributed by atoms with E-state index in [1.807, 2.05) is 30.3 Å². The van der Waals surface area contributed by atoms with Crippen molar-refractivity contribution in [2.75, 3.05) is 13.7 Å². The second-order valence-corrected chi connectivity index (χ2v) is 6.88. The van der Waals surface area contributed by atoms with Crippen LogP contribution in [0, 0.1) is 16.0 Å². The van der Waals surface area contributed by atoms with Gasteiger partial charge in [-0.3, -0.25) is 14.9 Å². The van der Waals surface area contributed by atoms with Crippen LogP contribution in [0.5, 0.6) is 5.75 Å². The summed E-state index contributed by atoms with van der Waals surface area (Å²) in [5, 5.41) is 13.9. The lowest BCUT2D eigenvalue weighted by Crippen LogP contribution is -2.33. The maximum atomic E-state index is 12.3. The van der Waals surface area contributed by atoms with Gasteiger partial charge >= 0.3 is 11.7 Å². The minimum absolute atomic E-state index is 0.0312. The number of benzene rings is 2. The highest BCUT2D eigenvalue weighted by atomic mass is 16.6. The molecule has 0 saturated carbocycles. The highest BCUT2D eigenvalue weighted by Crippen LogP contribution is 2.27. The van der Waals surface area contributed by atoms with Gasteiger partial charge < -0.3 is 14.8 Å². The molecular formula is C21H24N2O6. The molecule has 2 aromatic rings. The minimum Gasteiger partial charge on any atom is -0.490 e. The number of nitro benzene ring substituents is 1. The Bertz CT molecular complexity index is 867. The van der Waals surface area contributed by atoms with Crippen LogP contribution in [0.3, 0.4) is 0 Å². The zero-order valence-corrected chi connectivity index (χ0v) is 16.6. The van der Waals surface area contributed by atoms with E-state index in [-0.39, 0.29) is 23.0 Å². The average Bonchev–Trinajstić information content (AvgIpc) is 2.71. The maximum Gasteiger partial charge on any atom is 0.338 e. The fourth-order valence-corrected chi connectivity index (χ4v) is 2.85. The number of nitrogens with zero attached hydrogens (tertiary/aromatic N) is 1. The summed E-state index contributed by atoms with van der Waals surface area (Å²) in [6, 6.07) is 13.0. The number of amides is 1. The summed E-state index contributed by atoms with van der Waals surface area (Å²) in [6.45, 7) is 3.62. The SMILES string of the molecule is COc1ccc(C(=O)OCC(=O)N[C@@H](CC(C)C)c2ccccc2)cc1[N+](=O)[O-]. The monoisotopic (exact) mass is 400 g/mol. The van der Waals surface area contributed by atoms with Crippen LogP contribution in [-0.4, -0.2) is 30.5 Å². The van der Waals surface area contributed by atoms with Crippen LogP contribution in [0.1, 0.15) is 42.2 Å². The second-order valence-electron chi connectivity index (χ2n) is 6.88. The van der Waals surface area contributed by atoms with Crippen LogP contribution < -0.4 is 10.1 Å². The number of carbonyl (C=O) groups excluding carboxylic acids is 2. The summed E-state index contributed by atoms with van der Waals surface area (Å²) in [4.78, 5) is 34.9. The smallest absolute Gasteiger partial charge is 0.338 e. The molecule has 0 aliphatic heterocycles. The predicted molar refractivity (Wildman–Crippen MR) is 107 cm³/mol. The molecular weight excluding hydrogens is 376 g/mol. The molecule has 0 aromatic heterocycles. The van der Waals surface area contributed by atoms with E-state index in [0.717, 1.165) is 18.1 Å². The van der Waals surface area contributed by atoms with E-state index in [4.69, 9.17) is 9.47 Å². The molecule has 0 aliphatic carbocycles. The van der Waals surface area contributed by atoms with Crippen LogP contribution in [0.15, 0.2) is 48.5 Å². The van der Waals surface area contributed by atoms with Crippen molar-refractivity contribution in [1.82, 2.24) is 5.32 Å². The summed E-state index contributed by atoms with van der Waals surface area (Å²) in [6.07, 6.45) is 0.731. The number of methoxy groups -OCH3 is 1. The molecule has 8 heteroatoms. The Kier molecular flexibility index (Phi) is 7.70. The molecule has 0 radical (unpaired) electrons. The molecule has 0 bridgehead atoms. The summed E-state index contributed by atoms with van der Waals surface area (Å²) < 4.78 is 9.92. The van der Waals surface area contributed by atoms with E-state index in [0.29, 0.717) is 5.92 Å². The van der Waals surface area contributed by atoms with Gasteiger partial charge in [0, 0.05) is 6.07 Å². The van der Waals surface area contributed by atoms with Gasteiger partial charge in [-0.2, -0.15) is 0 Å². The average molecular weight is 400 g/mol. The van der Waals surface area contributed by atoms with Crippen molar-refractivity contribution in [3.63, 3.8) is 0 Å². The molecule has 1 N–H and O–H groups in total. The maximum absolute atomic E-state index is 12.3. The van der Waals surface area contributed by atoms with Crippen molar-refractivity contribution in [3.05, 3.63) is 69.8 Å². The lowest BCUT2D eigenvalue weighted by molar-refractivity contribution is -0.385. The zero-order valence-electron chi connectivity index (χ0n) is 16.6. The highest BCUT2D eigenvalue weighted by molar-refractivity contribution is 5.92. The first-order valence-corrected chi connectivity index (χ1v) is 9.15. The fraction of sp³-hybridized carbons (Fsp3) is 0.333. The largest absolute Gasteiger partial charge is 0.490 e. The Morgan fingerprint density at radius 2 is 1.83 bits per heavy atom. The molecule has 2 aromatic carbocycles. The van der Waals surface area contributed by atoms with Crippen molar-refractivity contribution < 1.29 is 24.0 Å². The van der Waals surface area contributed by atoms with E-state index in [9.17, 15) is 19.7 Å². The van der Waals surface area contributed by atoms with E-state index in [1.54, 1.807) is 0 Å². The number of rotatable bonds is 9. The van der Waals surface area contributed by atoms with Gasteiger partial charge in [0.1, 0.15) is 0 Å². The van der Waals surface area contributed by atoms with E-state index in [1.165, 1.54) is 19.2 Å². The Balaban J connectivity index is 2.01. The molecule has 29 heavy (non-hydrogen) atoms. The third-order valence-electron chi connectivity index (χ3n) is 4.19. The first kappa shape index (κ1) is 21.9. The van der Waals surface area contributed by atoms with Gasteiger partial charge in [0.05, 0.1) is 23.6 Å². The van der Waals surface area contributed by atoms with Gasteiger partial charge in [-0.05, 0) is 30.0 Å². The van der Waals surface area contributed by atoms with E-state index < -0.39 is 23.4 Å². The summed E-state index contributed by atoms with van der Waals surface area (Å²) in [5.41, 5.74) is 0.575. The molecule has 2 rings (SSSR count). The summed E-state index contributed by atoms with van der Waals surface area (Å²) in [7, 11) is 1.30. The minimum atomic E-state index is -0.828. The number of nitrogens with one attached hydrogen (secondary N) is 1. The molecule has 1 amide bonds. The number of hydrogen-bond donors (Lipinski definition) is 1. The molecule has 0 aliphatic rings. The molecule has 0 unspecified atom stereocenters. The number of nitro groups is 1. The van der Waals surface area contributed by atoms with Crippen molar-refractivity contribution in [3.8, 4) is 5.75 Å². The van der Waals surface area contributed by atoms with E-state index >= 15 is 0 Å². The lowest BCUT2D eigenvalue weighted by Gasteiger charge is -2.21. The second kappa shape index (κ2) is 10.2. The molecule has 0 saturated heterocycles. The Morgan fingerprint density at radius 1 is 1.14 bits per heavy atom. The van der Waals surface area contributed by atoms with Gasteiger partial charge in [0.25, 0.3) is 5.91 Å². The quantitative estimate of drug-likeness (QED) is 0.391. The van der Waals surface area contributed by atoms with Gasteiger partial charge in [-0.1, -0.05) is 44.2 Å². The fourth-order valence-electron chi connectivity index (χ4n) is 2.85. The molecule has 8 nitrogen and oxygen atoms in total. The van der Waals surface area contributed by atoms with Crippen LogP contribution in [-0.2, 0) is 9.53 Å². The van der Waals surface area contributed by atoms with Gasteiger partial charge in [-0.25, -0.2) is 4.79 Å². The highest BCUT2D eigenvalue weighted by Gasteiger charge is 2.21. The standard InChI is InChI=1S/C21H24N2O6/c1-14(2)11-17(15-7-5-4-6-8-15)22-20(24)13-29-21(25)16-9-10-19(28-3)18(12-16)23(26)27/h4-10,12,14,17H,11,13H2,1-3H3,(H,22,24)/t17-/m0/s1. The van der Waals surface area contributed by atoms with Crippen LogP contribution in [0.25, 0.3) is 0 Å². The topological polar surface area (TPSA) is 108 Å². The van der Waals surface area contributed by atoms with Crippen LogP contribution >= 0.6 is 0 Å². The van der Waals surface area contributed by atoms with E-state index in [2.05, 4.69) is 19.2 Å². The van der Waals surface area contributed by atoms with Gasteiger partial charge in [0.2, 0.25) is 0 Å². The number of esters is 1. The molecule has 0 fully saturated rings. The zero-order chi connectivity index (χ0) is 21.4. The summed E-state index contributed by atoms with van der Waals surface area (Å²) >= 11 is 0. The first-order chi connectivity index (χ1) is 13.8.